The van der Waals surface area contributed by atoms with Gasteiger partial charge in [-0.3, -0.25) is 14.2 Å². The monoisotopic (exact) mass is 665 g/mol. The summed E-state index contributed by atoms with van der Waals surface area (Å²) in [6.45, 7) is 6.89. The molecule has 2 heterocycles. The maximum absolute atomic E-state index is 14.3. The molecule has 0 N–H and O–H groups in total. The van der Waals surface area contributed by atoms with Crippen molar-refractivity contribution in [1.29, 1.82) is 0 Å². The van der Waals surface area contributed by atoms with E-state index in [1.165, 1.54) is 11.3 Å². The number of methoxy groups -OCH3 is 2. The number of hydrogen-bond acceptors (Lipinski definition) is 7. The first-order valence-electron chi connectivity index (χ1n) is 14.4. The van der Waals surface area contributed by atoms with E-state index in [1.807, 2.05) is 44.2 Å². The molecule has 5 rings (SSSR count). The van der Waals surface area contributed by atoms with Crippen LogP contribution in [0.3, 0.4) is 0 Å². The number of rotatable bonds is 10. The molecule has 1 aromatic heterocycles. The number of likely N-dealkylation sites (N-methyl/N-ethyl adjacent to an activating group) is 1. The van der Waals surface area contributed by atoms with Crippen LogP contribution in [0.25, 0.3) is 6.08 Å². The summed E-state index contributed by atoms with van der Waals surface area (Å²) < 4.78 is 19.4. The number of thiazole rings is 1. The minimum Gasteiger partial charge on any atom is -0.497 e. The summed E-state index contributed by atoms with van der Waals surface area (Å²) in [7, 11) is 3.13. The SMILES string of the molecule is CCN(CC)C(=O)C1=C(C)N=c2s/c(=C/c3ccccc3OCc3ccc(Cl)cc3Cl)c(=O)n2[C@H]1c1cc(OC)ccc1OC. The molecule has 1 amide bonds. The number of carbonyl (C=O) groups excluding carboxylic acids is 1. The van der Waals surface area contributed by atoms with E-state index in [0.717, 1.165) is 5.56 Å². The van der Waals surface area contributed by atoms with Gasteiger partial charge in [-0.15, -0.1) is 0 Å². The molecule has 0 aliphatic carbocycles. The molecule has 0 bridgehead atoms. The van der Waals surface area contributed by atoms with Gasteiger partial charge >= 0.3 is 0 Å². The number of aromatic nitrogens is 1. The predicted octanol–water partition coefficient (Wildman–Crippen LogP) is 6.01. The Morgan fingerprint density at radius 3 is 2.47 bits per heavy atom. The highest BCUT2D eigenvalue weighted by molar-refractivity contribution is 7.07. The van der Waals surface area contributed by atoms with Crippen LogP contribution in [0.5, 0.6) is 17.2 Å². The topological polar surface area (TPSA) is 82.4 Å². The van der Waals surface area contributed by atoms with Crippen LogP contribution in [-0.2, 0) is 11.4 Å². The number of para-hydroxylation sites is 1. The van der Waals surface area contributed by atoms with E-state index in [2.05, 4.69) is 0 Å². The van der Waals surface area contributed by atoms with E-state index in [0.29, 0.717) is 72.1 Å². The van der Waals surface area contributed by atoms with Crippen LogP contribution in [0.2, 0.25) is 10.0 Å². The average Bonchev–Trinajstić information content (AvgIpc) is 3.34. The van der Waals surface area contributed by atoms with Crippen LogP contribution in [0.1, 0.15) is 43.5 Å². The second-order valence-electron chi connectivity index (χ2n) is 10.2. The molecule has 0 saturated carbocycles. The molecule has 45 heavy (non-hydrogen) atoms. The minimum atomic E-state index is -0.792. The highest BCUT2D eigenvalue weighted by atomic mass is 35.5. The Morgan fingerprint density at radius 1 is 1.02 bits per heavy atom. The zero-order valence-electron chi connectivity index (χ0n) is 25.6. The van der Waals surface area contributed by atoms with Crippen LogP contribution in [0.15, 0.2) is 81.7 Å². The van der Waals surface area contributed by atoms with Crippen LogP contribution in [0, 0.1) is 0 Å². The number of hydrogen-bond donors (Lipinski definition) is 0. The summed E-state index contributed by atoms with van der Waals surface area (Å²) >= 11 is 13.7. The number of benzene rings is 3. The van der Waals surface area contributed by atoms with E-state index in [4.69, 9.17) is 42.4 Å². The fourth-order valence-corrected chi connectivity index (χ4v) is 6.79. The van der Waals surface area contributed by atoms with Gasteiger partial charge in [0, 0.05) is 39.8 Å². The van der Waals surface area contributed by atoms with E-state index in [-0.39, 0.29) is 18.1 Å². The lowest BCUT2D eigenvalue weighted by atomic mass is 9.93. The smallest absolute Gasteiger partial charge is 0.271 e. The molecule has 3 aromatic carbocycles. The van der Waals surface area contributed by atoms with Gasteiger partial charge in [-0.1, -0.05) is 58.8 Å². The molecule has 0 unspecified atom stereocenters. The number of halogens is 2. The van der Waals surface area contributed by atoms with Crippen molar-refractivity contribution in [2.24, 2.45) is 4.99 Å². The summed E-state index contributed by atoms with van der Waals surface area (Å²) in [6, 6.07) is 17.3. The van der Waals surface area contributed by atoms with Crippen molar-refractivity contribution < 1.29 is 19.0 Å². The third kappa shape index (κ3) is 6.52. The van der Waals surface area contributed by atoms with Crippen molar-refractivity contribution in [1.82, 2.24) is 9.47 Å². The van der Waals surface area contributed by atoms with Gasteiger partial charge in [0.05, 0.1) is 30.0 Å². The maximum Gasteiger partial charge on any atom is 0.271 e. The number of nitrogens with zero attached hydrogens (tertiary/aromatic N) is 3. The van der Waals surface area contributed by atoms with Crippen LogP contribution < -0.4 is 29.1 Å². The van der Waals surface area contributed by atoms with Gasteiger partial charge in [-0.2, -0.15) is 0 Å². The van der Waals surface area contributed by atoms with E-state index in [9.17, 15) is 9.59 Å². The molecule has 1 atom stereocenters. The Labute approximate surface area is 275 Å². The molecule has 0 spiro atoms. The summed E-state index contributed by atoms with van der Waals surface area (Å²) in [5.74, 6) is 1.48. The molecular weight excluding hydrogens is 633 g/mol. The third-order valence-corrected chi connectivity index (χ3v) is 9.21. The number of allylic oxidation sites excluding steroid dienone is 1. The van der Waals surface area contributed by atoms with Gasteiger partial charge in [0.1, 0.15) is 29.9 Å². The van der Waals surface area contributed by atoms with Crippen molar-refractivity contribution in [2.75, 3.05) is 27.3 Å². The van der Waals surface area contributed by atoms with Crippen LogP contribution >= 0.6 is 34.5 Å². The molecule has 4 aromatic rings. The van der Waals surface area contributed by atoms with Crippen molar-refractivity contribution in [3.63, 3.8) is 0 Å². The highest BCUT2D eigenvalue weighted by Gasteiger charge is 2.36. The molecule has 0 radical (unpaired) electrons. The van der Waals surface area contributed by atoms with Gasteiger partial charge < -0.3 is 19.1 Å². The molecule has 1 aliphatic rings. The molecule has 0 fully saturated rings. The fraction of sp³-hybridized carbons (Fsp3) is 0.265. The number of fused-ring (bicyclic) bond motifs is 1. The lowest BCUT2D eigenvalue weighted by Crippen LogP contribution is -2.43. The molecule has 0 saturated heterocycles. The van der Waals surface area contributed by atoms with Gasteiger partial charge in [0.15, 0.2) is 4.80 Å². The Balaban J connectivity index is 1.66. The van der Waals surface area contributed by atoms with Crippen LogP contribution in [0.4, 0.5) is 0 Å². The highest BCUT2D eigenvalue weighted by Crippen LogP contribution is 2.38. The first-order valence-corrected chi connectivity index (χ1v) is 16.0. The summed E-state index contributed by atoms with van der Waals surface area (Å²) in [4.78, 5) is 35.3. The molecule has 234 valence electrons. The standard InChI is InChI=1S/C34H33Cl2N3O5S/c1-6-38(7-2)33(41)30-20(3)37-34-39(31(30)25-18-24(42-4)14-15-28(25)43-5)32(40)29(45-34)16-21-10-8-9-11-27(21)44-19-22-12-13-23(35)17-26(22)36/h8-18,31H,6-7,19H2,1-5H3/b29-16+/t31-/m0/s1. The Bertz CT molecular complexity index is 1960. The Kier molecular flexibility index (Phi) is 10.0. The normalized spacial score (nSPS) is 14.6. The second-order valence-corrected chi connectivity index (χ2v) is 12.1. The van der Waals surface area contributed by atoms with Gasteiger partial charge in [0.25, 0.3) is 11.5 Å². The Morgan fingerprint density at radius 2 is 1.78 bits per heavy atom. The van der Waals surface area contributed by atoms with Crippen molar-refractivity contribution in [3.8, 4) is 17.2 Å². The van der Waals surface area contributed by atoms with E-state index in [1.54, 1.807) is 67.0 Å². The summed E-state index contributed by atoms with van der Waals surface area (Å²) in [5.41, 5.74) is 2.77. The minimum absolute atomic E-state index is 0.190. The summed E-state index contributed by atoms with van der Waals surface area (Å²) in [6.07, 6.45) is 1.79. The van der Waals surface area contributed by atoms with Gasteiger partial charge in [0.2, 0.25) is 0 Å². The van der Waals surface area contributed by atoms with Crippen molar-refractivity contribution in [3.05, 3.63) is 118 Å². The molecule has 1 aliphatic heterocycles. The molecular formula is C34H33Cl2N3O5S. The zero-order valence-corrected chi connectivity index (χ0v) is 27.9. The van der Waals surface area contributed by atoms with E-state index < -0.39 is 6.04 Å². The average molecular weight is 667 g/mol. The first kappa shape index (κ1) is 32.3. The summed E-state index contributed by atoms with van der Waals surface area (Å²) in [5, 5.41) is 1.05. The lowest BCUT2D eigenvalue weighted by Gasteiger charge is -2.30. The third-order valence-electron chi connectivity index (χ3n) is 7.64. The van der Waals surface area contributed by atoms with Gasteiger partial charge in [-0.05, 0) is 63.2 Å². The van der Waals surface area contributed by atoms with Crippen molar-refractivity contribution in [2.45, 2.75) is 33.4 Å². The zero-order chi connectivity index (χ0) is 32.2. The molecule has 11 heteroatoms. The first-order chi connectivity index (χ1) is 21.7. The number of amides is 1. The van der Waals surface area contributed by atoms with Crippen LogP contribution in [-0.4, -0.2) is 42.7 Å². The second kappa shape index (κ2) is 13.9. The Hall–Kier alpha value is -4.05. The van der Waals surface area contributed by atoms with Gasteiger partial charge in [-0.25, -0.2) is 4.99 Å². The lowest BCUT2D eigenvalue weighted by molar-refractivity contribution is -0.127. The molecule has 8 nitrogen and oxygen atoms in total. The van der Waals surface area contributed by atoms with E-state index >= 15 is 0 Å². The number of carbonyl (C=O) groups is 1. The predicted molar refractivity (Wildman–Crippen MR) is 178 cm³/mol. The maximum atomic E-state index is 14.3. The fourth-order valence-electron chi connectivity index (χ4n) is 5.29. The largest absolute Gasteiger partial charge is 0.497 e. The van der Waals surface area contributed by atoms with Crippen molar-refractivity contribution >= 4 is 46.5 Å². The quantitative estimate of drug-likeness (QED) is 0.207. The number of ether oxygens (including phenoxy) is 3.